The molecule has 1 saturated heterocycles. The van der Waals surface area contributed by atoms with Crippen LogP contribution in [0.4, 0.5) is 5.82 Å². The van der Waals surface area contributed by atoms with Crippen molar-refractivity contribution in [3.05, 3.63) is 59.2 Å². The first-order valence-electron chi connectivity index (χ1n) is 10.4. The van der Waals surface area contributed by atoms with Gasteiger partial charge in [-0.25, -0.2) is 9.97 Å². The average molecular weight is 423 g/mol. The van der Waals surface area contributed by atoms with E-state index in [1.165, 1.54) is 24.2 Å². The molecular formula is C23H26N4O2S. The molecule has 3 heterocycles. The van der Waals surface area contributed by atoms with E-state index in [0.717, 1.165) is 47.2 Å². The van der Waals surface area contributed by atoms with E-state index in [9.17, 15) is 4.79 Å². The van der Waals surface area contributed by atoms with Crippen LogP contribution in [-0.2, 0) is 6.54 Å². The molecule has 156 valence electrons. The lowest BCUT2D eigenvalue weighted by atomic mass is 10.2. The van der Waals surface area contributed by atoms with Gasteiger partial charge in [-0.1, -0.05) is 19.1 Å². The Balaban J connectivity index is 1.36. The zero-order chi connectivity index (χ0) is 20.8. The van der Waals surface area contributed by atoms with Gasteiger partial charge in [0.1, 0.15) is 22.3 Å². The highest BCUT2D eigenvalue weighted by molar-refractivity contribution is 7.13. The fourth-order valence-corrected chi connectivity index (χ4v) is 4.17. The molecular weight excluding hydrogens is 396 g/mol. The van der Waals surface area contributed by atoms with E-state index in [4.69, 9.17) is 4.74 Å². The Bertz CT molecular complexity index is 981. The van der Waals surface area contributed by atoms with Gasteiger partial charge in [0.25, 0.3) is 5.91 Å². The Morgan fingerprint density at radius 2 is 2.00 bits per heavy atom. The van der Waals surface area contributed by atoms with Crippen LogP contribution in [0.25, 0.3) is 10.6 Å². The lowest BCUT2D eigenvalue weighted by molar-refractivity contribution is 0.0946. The maximum Gasteiger partial charge on any atom is 0.271 e. The van der Waals surface area contributed by atoms with Crippen molar-refractivity contribution in [2.75, 3.05) is 24.6 Å². The fraction of sp³-hybridized carbons (Fsp3) is 0.348. The molecule has 0 spiro atoms. The Kier molecular flexibility index (Phi) is 6.59. The largest absolute Gasteiger partial charge is 0.494 e. The second-order valence-corrected chi connectivity index (χ2v) is 8.17. The van der Waals surface area contributed by atoms with Gasteiger partial charge < -0.3 is 15.0 Å². The van der Waals surface area contributed by atoms with Crippen LogP contribution in [0.2, 0.25) is 0 Å². The van der Waals surface area contributed by atoms with Gasteiger partial charge in [-0.2, -0.15) is 0 Å². The summed E-state index contributed by atoms with van der Waals surface area (Å²) in [4.78, 5) is 23.9. The molecule has 1 aliphatic heterocycles. The van der Waals surface area contributed by atoms with E-state index in [1.54, 1.807) is 0 Å². The Morgan fingerprint density at radius 3 is 2.77 bits per heavy atom. The smallest absolute Gasteiger partial charge is 0.271 e. The summed E-state index contributed by atoms with van der Waals surface area (Å²) in [5.74, 6) is 1.66. The molecule has 0 atom stereocenters. The summed E-state index contributed by atoms with van der Waals surface area (Å²) in [5, 5.41) is 5.58. The van der Waals surface area contributed by atoms with E-state index in [-0.39, 0.29) is 5.91 Å². The number of thiazole rings is 1. The Morgan fingerprint density at radius 1 is 1.20 bits per heavy atom. The normalized spacial score (nSPS) is 13.4. The molecule has 4 rings (SSSR count). The van der Waals surface area contributed by atoms with Crippen molar-refractivity contribution < 1.29 is 9.53 Å². The number of carbonyl (C=O) groups excluding carboxylic acids is 1. The van der Waals surface area contributed by atoms with Crippen LogP contribution in [0.5, 0.6) is 5.75 Å². The van der Waals surface area contributed by atoms with Crippen molar-refractivity contribution in [1.29, 1.82) is 0 Å². The van der Waals surface area contributed by atoms with E-state index >= 15 is 0 Å². The molecule has 0 unspecified atom stereocenters. The van der Waals surface area contributed by atoms with Crippen LogP contribution in [0.15, 0.2) is 48.0 Å². The van der Waals surface area contributed by atoms with Crippen molar-refractivity contribution in [2.45, 2.75) is 32.7 Å². The monoisotopic (exact) mass is 422 g/mol. The van der Waals surface area contributed by atoms with Gasteiger partial charge in [0, 0.05) is 36.8 Å². The molecule has 1 aromatic carbocycles. The van der Waals surface area contributed by atoms with Gasteiger partial charge in [-0.05, 0) is 49.1 Å². The van der Waals surface area contributed by atoms with Gasteiger partial charge in [0.2, 0.25) is 0 Å². The number of hydrogen-bond donors (Lipinski definition) is 1. The third-order valence-electron chi connectivity index (χ3n) is 5.01. The van der Waals surface area contributed by atoms with Crippen LogP contribution in [0.3, 0.4) is 0 Å². The lowest BCUT2D eigenvalue weighted by Gasteiger charge is -2.16. The van der Waals surface area contributed by atoms with E-state index < -0.39 is 0 Å². The first-order valence-corrected chi connectivity index (χ1v) is 11.3. The molecule has 3 aromatic rings. The van der Waals surface area contributed by atoms with Crippen LogP contribution in [0.1, 0.15) is 42.2 Å². The minimum atomic E-state index is -0.169. The third kappa shape index (κ3) is 4.97. The predicted octanol–water partition coefficient (Wildman–Crippen LogP) is 4.52. The number of nitrogens with one attached hydrogen (secondary N) is 1. The summed E-state index contributed by atoms with van der Waals surface area (Å²) >= 11 is 1.48. The van der Waals surface area contributed by atoms with Crippen molar-refractivity contribution >= 4 is 23.1 Å². The second kappa shape index (κ2) is 9.71. The molecule has 0 aliphatic carbocycles. The number of benzene rings is 1. The molecule has 1 aliphatic rings. The maximum atomic E-state index is 12.5. The topological polar surface area (TPSA) is 67.3 Å². The highest BCUT2D eigenvalue weighted by Gasteiger charge is 2.16. The summed E-state index contributed by atoms with van der Waals surface area (Å²) < 4.78 is 5.59. The van der Waals surface area contributed by atoms with Crippen molar-refractivity contribution in [3.8, 4) is 16.3 Å². The lowest BCUT2D eigenvalue weighted by Crippen LogP contribution is -2.23. The summed E-state index contributed by atoms with van der Waals surface area (Å²) in [6, 6.07) is 11.8. The maximum absolute atomic E-state index is 12.5. The Hall–Kier alpha value is -2.93. The molecule has 7 heteroatoms. The minimum Gasteiger partial charge on any atom is -0.494 e. The fourth-order valence-electron chi connectivity index (χ4n) is 3.38. The quantitative estimate of drug-likeness (QED) is 0.578. The number of nitrogens with zero attached hydrogens (tertiary/aromatic N) is 3. The molecule has 1 fully saturated rings. The van der Waals surface area contributed by atoms with Crippen molar-refractivity contribution in [2.24, 2.45) is 0 Å². The highest BCUT2D eigenvalue weighted by Crippen LogP contribution is 2.27. The van der Waals surface area contributed by atoms with Crippen molar-refractivity contribution in [1.82, 2.24) is 15.3 Å². The first-order chi connectivity index (χ1) is 14.7. The zero-order valence-electron chi connectivity index (χ0n) is 17.1. The summed E-state index contributed by atoms with van der Waals surface area (Å²) in [6.07, 6.45) is 5.22. The first kappa shape index (κ1) is 20.3. The number of amides is 1. The van der Waals surface area contributed by atoms with E-state index in [1.807, 2.05) is 41.9 Å². The standard InChI is InChI=1S/C23H26N4O2S/c1-2-13-29-19-7-5-17(6-8-19)15-25-22(28)20-16-30-23(26-20)18-9-10-24-21(14-18)27-11-3-4-12-27/h5-10,14,16H,2-4,11-13,15H2,1H3,(H,25,28). The van der Waals surface area contributed by atoms with Gasteiger partial charge in [0.15, 0.2) is 0 Å². The van der Waals surface area contributed by atoms with Gasteiger partial charge in [0.05, 0.1) is 6.61 Å². The van der Waals surface area contributed by atoms with Crippen molar-refractivity contribution in [3.63, 3.8) is 0 Å². The number of hydrogen-bond acceptors (Lipinski definition) is 6. The van der Waals surface area contributed by atoms with Gasteiger partial charge in [-0.15, -0.1) is 11.3 Å². The van der Waals surface area contributed by atoms with Gasteiger partial charge >= 0.3 is 0 Å². The summed E-state index contributed by atoms with van der Waals surface area (Å²) in [5.41, 5.74) is 2.46. The van der Waals surface area contributed by atoms with Crippen LogP contribution < -0.4 is 15.0 Å². The van der Waals surface area contributed by atoms with E-state index in [0.29, 0.717) is 18.8 Å². The number of ether oxygens (including phenoxy) is 1. The SMILES string of the molecule is CCCOc1ccc(CNC(=O)c2csc(-c3ccnc(N4CCCC4)c3)n2)cc1. The zero-order valence-corrected chi connectivity index (χ0v) is 18.0. The van der Waals surface area contributed by atoms with Crippen LogP contribution >= 0.6 is 11.3 Å². The molecule has 0 bridgehead atoms. The highest BCUT2D eigenvalue weighted by atomic mass is 32.1. The van der Waals surface area contributed by atoms with Gasteiger partial charge in [-0.3, -0.25) is 4.79 Å². The summed E-state index contributed by atoms with van der Waals surface area (Å²) in [7, 11) is 0. The molecule has 1 amide bonds. The Labute approximate surface area is 180 Å². The number of carbonyl (C=O) groups is 1. The number of anilines is 1. The molecule has 2 aromatic heterocycles. The minimum absolute atomic E-state index is 0.169. The molecule has 30 heavy (non-hydrogen) atoms. The third-order valence-corrected chi connectivity index (χ3v) is 5.90. The number of pyridine rings is 1. The molecule has 0 radical (unpaired) electrons. The molecule has 0 saturated carbocycles. The molecule has 1 N–H and O–H groups in total. The average Bonchev–Trinajstić information content (AvgIpc) is 3.49. The number of rotatable bonds is 8. The van der Waals surface area contributed by atoms with Crippen LogP contribution in [-0.4, -0.2) is 35.6 Å². The second-order valence-electron chi connectivity index (χ2n) is 7.31. The summed E-state index contributed by atoms with van der Waals surface area (Å²) in [6.45, 7) is 5.34. The van der Waals surface area contributed by atoms with Crippen LogP contribution in [0, 0.1) is 0 Å². The predicted molar refractivity (Wildman–Crippen MR) is 120 cm³/mol. The number of aromatic nitrogens is 2. The molecule has 6 nitrogen and oxygen atoms in total. The van der Waals surface area contributed by atoms with E-state index in [2.05, 4.69) is 33.2 Å².